The van der Waals surface area contributed by atoms with Crippen molar-refractivity contribution in [1.29, 1.82) is 0 Å². The molecule has 9 nitrogen and oxygen atoms in total. The first-order chi connectivity index (χ1) is 13.6. The highest BCUT2D eigenvalue weighted by Crippen LogP contribution is 2.30. The Labute approximate surface area is 169 Å². The Balaban J connectivity index is 1.76. The fourth-order valence-corrected chi connectivity index (χ4v) is 6.00. The first-order valence-corrected chi connectivity index (χ1v) is 11.9. The van der Waals surface area contributed by atoms with E-state index in [2.05, 4.69) is 10.0 Å². The molecule has 2 atom stereocenters. The van der Waals surface area contributed by atoms with E-state index in [1.165, 1.54) is 38.5 Å². The number of benzene rings is 2. The molecule has 1 saturated heterocycles. The lowest BCUT2D eigenvalue weighted by Crippen LogP contribution is -2.31. The van der Waals surface area contributed by atoms with Crippen LogP contribution in [0.1, 0.15) is 0 Å². The number of aliphatic hydroxyl groups excluding tert-OH is 1. The molecule has 0 radical (unpaired) electrons. The van der Waals surface area contributed by atoms with E-state index in [1.54, 1.807) is 18.2 Å². The maximum absolute atomic E-state index is 12.8. The number of methoxy groups -OCH3 is 2. The standard InChI is InChI=1S/C18H22N2O7S2/c1-26-14-7-8-17(27-2)18(9-14)29(24,25)20-13-5-3-12(4-6-13)19-15-10-28(22,23)11-16(15)21/h3-9,15-16,19-21H,10-11H2,1-2H3/t15-,16-/m0/s1. The van der Waals surface area contributed by atoms with Gasteiger partial charge in [-0.1, -0.05) is 0 Å². The summed E-state index contributed by atoms with van der Waals surface area (Å²) < 4.78 is 61.4. The van der Waals surface area contributed by atoms with Crippen LogP contribution in [0.25, 0.3) is 0 Å². The van der Waals surface area contributed by atoms with Crippen molar-refractivity contribution in [3.8, 4) is 11.5 Å². The van der Waals surface area contributed by atoms with Crippen LogP contribution < -0.4 is 19.5 Å². The fourth-order valence-electron chi connectivity index (χ4n) is 3.02. The molecule has 0 saturated carbocycles. The second-order valence-electron chi connectivity index (χ2n) is 6.59. The highest BCUT2D eigenvalue weighted by Gasteiger charge is 2.36. The van der Waals surface area contributed by atoms with Crippen molar-refractivity contribution >= 4 is 31.2 Å². The van der Waals surface area contributed by atoms with Gasteiger partial charge >= 0.3 is 0 Å². The minimum Gasteiger partial charge on any atom is -0.497 e. The highest BCUT2D eigenvalue weighted by molar-refractivity contribution is 7.93. The van der Waals surface area contributed by atoms with Gasteiger partial charge < -0.3 is 19.9 Å². The molecule has 0 aromatic heterocycles. The number of hydrogen-bond donors (Lipinski definition) is 3. The second kappa shape index (κ2) is 8.09. The zero-order chi connectivity index (χ0) is 21.2. The number of aliphatic hydroxyl groups is 1. The summed E-state index contributed by atoms with van der Waals surface area (Å²) in [4.78, 5) is -0.0687. The summed E-state index contributed by atoms with van der Waals surface area (Å²) in [7, 11) is -4.40. The zero-order valence-corrected chi connectivity index (χ0v) is 17.5. The van der Waals surface area contributed by atoms with Crippen LogP contribution in [-0.2, 0) is 19.9 Å². The first kappa shape index (κ1) is 21.2. The number of sulfone groups is 1. The summed E-state index contributed by atoms with van der Waals surface area (Å²) in [6.07, 6.45) is -0.987. The molecule has 0 aliphatic carbocycles. The monoisotopic (exact) mass is 442 g/mol. The predicted octanol–water partition coefficient (Wildman–Crippen LogP) is 1.07. The van der Waals surface area contributed by atoms with Crippen LogP contribution in [0, 0.1) is 0 Å². The lowest BCUT2D eigenvalue weighted by molar-refractivity contribution is 0.190. The molecule has 3 rings (SSSR count). The van der Waals surface area contributed by atoms with E-state index < -0.39 is 32.0 Å². The van der Waals surface area contributed by atoms with Crippen LogP contribution >= 0.6 is 0 Å². The van der Waals surface area contributed by atoms with Gasteiger partial charge in [-0.25, -0.2) is 16.8 Å². The third kappa shape index (κ3) is 4.92. The summed E-state index contributed by atoms with van der Waals surface area (Å²) in [5.74, 6) is 0.118. The van der Waals surface area contributed by atoms with E-state index >= 15 is 0 Å². The third-order valence-corrected chi connectivity index (χ3v) is 7.59. The van der Waals surface area contributed by atoms with Crippen molar-refractivity contribution in [2.75, 3.05) is 35.8 Å². The number of rotatable bonds is 7. The molecular weight excluding hydrogens is 420 g/mol. The predicted molar refractivity (Wildman–Crippen MR) is 109 cm³/mol. The SMILES string of the molecule is COc1ccc(OC)c(S(=O)(=O)Nc2ccc(N[C@H]3CS(=O)(=O)C[C@@H]3O)cc2)c1. The quantitative estimate of drug-likeness (QED) is 0.580. The topological polar surface area (TPSA) is 131 Å². The Morgan fingerprint density at radius 1 is 1.00 bits per heavy atom. The Morgan fingerprint density at radius 2 is 1.66 bits per heavy atom. The molecule has 1 aliphatic heterocycles. The number of hydrogen-bond acceptors (Lipinski definition) is 8. The lowest BCUT2D eigenvalue weighted by Gasteiger charge is -2.17. The normalized spacial score (nSPS) is 20.8. The Hall–Kier alpha value is -2.50. The molecule has 1 aliphatic rings. The van der Waals surface area contributed by atoms with Crippen molar-refractivity contribution in [3.63, 3.8) is 0 Å². The van der Waals surface area contributed by atoms with Gasteiger partial charge in [0.2, 0.25) is 0 Å². The number of nitrogens with one attached hydrogen (secondary N) is 2. The van der Waals surface area contributed by atoms with Gasteiger partial charge in [0.1, 0.15) is 16.4 Å². The van der Waals surface area contributed by atoms with E-state index in [0.717, 1.165) is 0 Å². The van der Waals surface area contributed by atoms with E-state index in [4.69, 9.17) is 9.47 Å². The van der Waals surface area contributed by atoms with Crippen molar-refractivity contribution in [2.24, 2.45) is 0 Å². The van der Waals surface area contributed by atoms with Gasteiger partial charge in [-0.3, -0.25) is 4.72 Å². The van der Waals surface area contributed by atoms with Crippen LogP contribution in [-0.4, -0.2) is 59.8 Å². The summed E-state index contributed by atoms with van der Waals surface area (Å²) >= 11 is 0. The highest BCUT2D eigenvalue weighted by atomic mass is 32.2. The number of anilines is 2. The molecule has 29 heavy (non-hydrogen) atoms. The van der Waals surface area contributed by atoms with Gasteiger partial charge in [0.05, 0.1) is 37.9 Å². The molecule has 158 valence electrons. The van der Waals surface area contributed by atoms with Gasteiger partial charge in [0.15, 0.2) is 9.84 Å². The Kier molecular flexibility index (Phi) is 5.92. The first-order valence-electron chi connectivity index (χ1n) is 8.63. The molecule has 2 aromatic rings. The summed E-state index contributed by atoms with van der Waals surface area (Å²) in [6, 6.07) is 10.1. The van der Waals surface area contributed by atoms with Crippen molar-refractivity contribution < 1.29 is 31.4 Å². The van der Waals surface area contributed by atoms with Crippen LogP contribution in [0.15, 0.2) is 47.4 Å². The number of sulfonamides is 1. The van der Waals surface area contributed by atoms with Gasteiger partial charge in [-0.15, -0.1) is 0 Å². The third-order valence-electron chi connectivity index (χ3n) is 4.47. The van der Waals surface area contributed by atoms with Crippen molar-refractivity contribution in [3.05, 3.63) is 42.5 Å². The van der Waals surface area contributed by atoms with E-state index in [9.17, 15) is 21.9 Å². The van der Waals surface area contributed by atoms with E-state index in [-0.39, 0.29) is 22.2 Å². The van der Waals surface area contributed by atoms with Crippen molar-refractivity contribution in [2.45, 2.75) is 17.0 Å². The summed E-state index contributed by atoms with van der Waals surface area (Å²) in [5, 5.41) is 12.8. The zero-order valence-electron chi connectivity index (χ0n) is 15.8. The minimum atomic E-state index is -3.94. The maximum atomic E-state index is 12.8. The van der Waals surface area contributed by atoms with E-state index in [0.29, 0.717) is 17.1 Å². The Bertz CT molecular complexity index is 1080. The second-order valence-corrected chi connectivity index (χ2v) is 10.4. The summed E-state index contributed by atoms with van der Waals surface area (Å²) in [5.41, 5.74) is 0.869. The molecule has 2 aromatic carbocycles. The molecular formula is C18H22N2O7S2. The molecule has 0 unspecified atom stereocenters. The van der Waals surface area contributed by atoms with Gasteiger partial charge in [0.25, 0.3) is 10.0 Å². The summed E-state index contributed by atoms with van der Waals surface area (Å²) in [6.45, 7) is 0. The molecule has 11 heteroatoms. The van der Waals surface area contributed by atoms with Gasteiger partial charge in [-0.2, -0.15) is 0 Å². The van der Waals surface area contributed by atoms with Gasteiger partial charge in [0, 0.05) is 17.4 Å². The average molecular weight is 443 g/mol. The molecule has 1 fully saturated rings. The van der Waals surface area contributed by atoms with Crippen LogP contribution in [0.4, 0.5) is 11.4 Å². The fraction of sp³-hybridized carbons (Fsp3) is 0.333. The molecule has 1 heterocycles. The molecule has 3 N–H and O–H groups in total. The molecule has 0 bridgehead atoms. The van der Waals surface area contributed by atoms with Crippen molar-refractivity contribution in [1.82, 2.24) is 0 Å². The minimum absolute atomic E-state index is 0.0687. The smallest absolute Gasteiger partial charge is 0.265 e. The van der Waals surface area contributed by atoms with Crippen LogP contribution in [0.2, 0.25) is 0 Å². The Morgan fingerprint density at radius 3 is 2.21 bits per heavy atom. The number of ether oxygens (including phenoxy) is 2. The van der Waals surface area contributed by atoms with Gasteiger partial charge in [-0.05, 0) is 36.4 Å². The molecule has 0 amide bonds. The van der Waals surface area contributed by atoms with Crippen LogP contribution in [0.3, 0.4) is 0 Å². The largest absolute Gasteiger partial charge is 0.497 e. The van der Waals surface area contributed by atoms with E-state index in [1.807, 2.05) is 0 Å². The maximum Gasteiger partial charge on any atom is 0.265 e. The molecule has 0 spiro atoms. The average Bonchev–Trinajstić information content (AvgIpc) is 2.93. The lowest BCUT2D eigenvalue weighted by atomic mass is 10.2. The van der Waals surface area contributed by atoms with Crippen LogP contribution in [0.5, 0.6) is 11.5 Å².